The fourth-order valence-electron chi connectivity index (χ4n) is 3.16. The quantitative estimate of drug-likeness (QED) is 0.742. The van der Waals surface area contributed by atoms with E-state index in [2.05, 4.69) is 25.5 Å². The topological polar surface area (TPSA) is 75.4 Å². The number of hydrogen-bond donors (Lipinski definition) is 1. The summed E-state index contributed by atoms with van der Waals surface area (Å²) in [6.45, 7) is 1.45. The van der Waals surface area contributed by atoms with E-state index in [1.165, 1.54) is 0 Å². The molecular formula is C17H16Cl2N6O. The smallest absolute Gasteiger partial charge is 0.229 e. The maximum atomic E-state index is 12.7. The second-order valence-electron chi connectivity index (χ2n) is 6.26. The third-order valence-corrected chi connectivity index (χ3v) is 4.83. The Morgan fingerprint density at radius 3 is 2.81 bits per heavy atom. The summed E-state index contributed by atoms with van der Waals surface area (Å²) >= 11 is 12.0. The molecule has 1 atom stereocenters. The molecule has 1 amide bonds. The third kappa shape index (κ3) is 3.59. The van der Waals surface area contributed by atoms with Gasteiger partial charge in [0.15, 0.2) is 5.65 Å². The predicted molar refractivity (Wildman–Crippen MR) is 101 cm³/mol. The highest BCUT2D eigenvalue weighted by Gasteiger charge is 2.27. The Hall–Kier alpha value is -2.38. The summed E-state index contributed by atoms with van der Waals surface area (Å²) in [6, 6.07) is 8.78. The number of carbonyl (C=O) groups excluding carboxylic acids is 1. The lowest BCUT2D eigenvalue weighted by Gasteiger charge is -2.32. The van der Waals surface area contributed by atoms with Crippen molar-refractivity contribution in [1.82, 2.24) is 19.8 Å². The Balaban J connectivity index is 1.47. The van der Waals surface area contributed by atoms with Crippen LogP contribution in [0.15, 0.2) is 36.7 Å². The number of aromatic nitrogens is 4. The van der Waals surface area contributed by atoms with Gasteiger partial charge in [0.25, 0.3) is 0 Å². The van der Waals surface area contributed by atoms with Crippen molar-refractivity contribution in [2.75, 3.05) is 23.3 Å². The summed E-state index contributed by atoms with van der Waals surface area (Å²) in [5.41, 5.74) is 1.30. The Bertz CT molecular complexity index is 939. The maximum Gasteiger partial charge on any atom is 0.229 e. The van der Waals surface area contributed by atoms with Crippen LogP contribution in [0.1, 0.15) is 12.8 Å². The van der Waals surface area contributed by atoms with E-state index in [4.69, 9.17) is 23.2 Å². The average molecular weight is 391 g/mol. The zero-order chi connectivity index (χ0) is 18.1. The molecule has 0 unspecified atom stereocenters. The van der Waals surface area contributed by atoms with Crippen molar-refractivity contribution in [3.8, 4) is 0 Å². The first kappa shape index (κ1) is 17.1. The molecule has 7 nitrogen and oxygen atoms in total. The molecule has 1 aromatic carbocycles. The van der Waals surface area contributed by atoms with E-state index in [1.54, 1.807) is 29.0 Å². The minimum atomic E-state index is -0.139. The molecule has 3 aromatic rings. The highest BCUT2D eigenvalue weighted by Crippen LogP contribution is 2.25. The molecule has 0 radical (unpaired) electrons. The number of fused-ring (bicyclic) bond motifs is 1. The number of benzene rings is 1. The molecule has 3 heterocycles. The van der Waals surface area contributed by atoms with Crippen molar-refractivity contribution in [3.05, 3.63) is 46.7 Å². The van der Waals surface area contributed by atoms with Gasteiger partial charge in [0.05, 0.1) is 5.92 Å². The average Bonchev–Trinajstić information content (AvgIpc) is 3.08. The number of rotatable bonds is 3. The largest absolute Gasteiger partial charge is 0.354 e. The van der Waals surface area contributed by atoms with Crippen molar-refractivity contribution in [2.24, 2.45) is 5.92 Å². The molecule has 0 saturated carbocycles. The second-order valence-corrected chi connectivity index (χ2v) is 7.13. The van der Waals surface area contributed by atoms with Crippen LogP contribution in [0.2, 0.25) is 10.0 Å². The van der Waals surface area contributed by atoms with E-state index in [0.717, 1.165) is 25.2 Å². The van der Waals surface area contributed by atoms with Crippen LogP contribution < -0.4 is 10.2 Å². The Labute approximate surface area is 159 Å². The van der Waals surface area contributed by atoms with Gasteiger partial charge in [0, 0.05) is 28.8 Å². The molecular weight excluding hydrogens is 375 g/mol. The second kappa shape index (κ2) is 7.09. The molecule has 9 heteroatoms. The zero-order valence-corrected chi connectivity index (χ0v) is 15.3. The lowest BCUT2D eigenvalue weighted by Crippen LogP contribution is -2.41. The van der Waals surface area contributed by atoms with Gasteiger partial charge in [-0.25, -0.2) is 0 Å². The van der Waals surface area contributed by atoms with Crippen LogP contribution in [0.25, 0.3) is 5.65 Å². The van der Waals surface area contributed by atoms with E-state index in [1.807, 2.05) is 12.1 Å². The van der Waals surface area contributed by atoms with E-state index in [-0.39, 0.29) is 11.8 Å². The van der Waals surface area contributed by atoms with Crippen LogP contribution >= 0.6 is 23.2 Å². The van der Waals surface area contributed by atoms with Crippen molar-refractivity contribution < 1.29 is 4.79 Å². The number of anilines is 2. The summed E-state index contributed by atoms with van der Waals surface area (Å²) in [6.07, 6.45) is 3.30. The fourth-order valence-corrected chi connectivity index (χ4v) is 3.68. The van der Waals surface area contributed by atoms with Gasteiger partial charge in [-0.3, -0.25) is 4.79 Å². The van der Waals surface area contributed by atoms with Gasteiger partial charge in [0.1, 0.15) is 12.1 Å². The van der Waals surface area contributed by atoms with Crippen LogP contribution in [0.4, 0.5) is 11.5 Å². The van der Waals surface area contributed by atoms with Crippen molar-refractivity contribution in [3.63, 3.8) is 0 Å². The van der Waals surface area contributed by atoms with Crippen LogP contribution in [0.3, 0.4) is 0 Å². The molecule has 1 aliphatic rings. The number of nitrogens with zero attached hydrogens (tertiary/aromatic N) is 5. The molecule has 1 fully saturated rings. The SMILES string of the molecule is O=C(Nc1cc(Cl)cc(Cl)c1)[C@@H]1CCCN(c2ccc3nncn3n2)C1. The lowest BCUT2D eigenvalue weighted by molar-refractivity contribution is -0.120. The molecule has 134 valence electrons. The summed E-state index contributed by atoms with van der Waals surface area (Å²) < 4.78 is 1.63. The molecule has 0 aliphatic carbocycles. The van der Waals surface area contributed by atoms with Crippen LogP contribution in [-0.2, 0) is 4.79 Å². The van der Waals surface area contributed by atoms with Crippen molar-refractivity contribution in [2.45, 2.75) is 12.8 Å². The monoisotopic (exact) mass is 390 g/mol. The van der Waals surface area contributed by atoms with E-state index < -0.39 is 0 Å². The van der Waals surface area contributed by atoms with E-state index in [9.17, 15) is 4.79 Å². The highest BCUT2D eigenvalue weighted by molar-refractivity contribution is 6.35. The first-order chi connectivity index (χ1) is 12.6. The van der Waals surface area contributed by atoms with Gasteiger partial charge in [-0.05, 0) is 43.2 Å². The van der Waals surface area contributed by atoms with Gasteiger partial charge < -0.3 is 10.2 Å². The normalized spacial score (nSPS) is 17.5. The van der Waals surface area contributed by atoms with E-state index >= 15 is 0 Å². The minimum Gasteiger partial charge on any atom is -0.354 e. The summed E-state index contributed by atoms with van der Waals surface area (Å²) in [4.78, 5) is 14.8. The standard InChI is InChI=1S/C17H16Cl2N6O/c18-12-6-13(19)8-14(7-12)21-17(26)11-2-1-5-24(9-11)16-4-3-15-22-20-10-25(15)23-16/h3-4,6-8,10-11H,1-2,5,9H2,(H,21,26)/t11-/m1/s1. The Morgan fingerprint density at radius 1 is 1.19 bits per heavy atom. The number of piperidine rings is 1. The molecule has 1 saturated heterocycles. The van der Waals surface area contributed by atoms with Gasteiger partial charge in [-0.15, -0.1) is 15.3 Å². The molecule has 0 bridgehead atoms. The fraction of sp³-hybridized carbons (Fsp3) is 0.294. The number of amides is 1. The summed E-state index contributed by atoms with van der Waals surface area (Å²) in [5.74, 6) is 0.624. The number of carbonyl (C=O) groups is 1. The lowest BCUT2D eigenvalue weighted by atomic mass is 9.97. The summed E-state index contributed by atoms with van der Waals surface area (Å²) in [5, 5.41) is 16.2. The van der Waals surface area contributed by atoms with Gasteiger partial charge in [-0.2, -0.15) is 4.52 Å². The van der Waals surface area contributed by atoms with Gasteiger partial charge in [0.2, 0.25) is 5.91 Å². The number of halogens is 2. The maximum absolute atomic E-state index is 12.7. The van der Waals surface area contributed by atoms with Gasteiger partial charge in [-0.1, -0.05) is 23.2 Å². The molecule has 1 aliphatic heterocycles. The summed E-state index contributed by atoms with van der Waals surface area (Å²) in [7, 11) is 0. The highest BCUT2D eigenvalue weighted by atomic mass is 35.5. The first-order valence-electron chi connectivity index (χ1n) is 8.27. The van der Waals surface area contributed by atoms with Crippen molar-refractivity contribution in [1.29, 1.82) is 0 Å². The van der Waals surface area contributed by atoms with E-state index in [0.29, 0.717) is 27.9 Å². The number of nitrogens with one attached hydrogen (secondary N) is 1. The molecule has 26 heavy (non-hydrogen) atoms. The van der Waals surface area contributed by atoms with Crippen LogP contribution in [0.5, 0.6) is 0 Å². The van der Waals surface area contributed by atoms with Crippen LogP contribution in [-0.4, -0.2) is 38.8 Å². The minimum absolute atomic E-state index is 0.0431. The Kier molecular flexibility index (Phi) is 4.65. The number of hydrogen-bond acceptors (Lipinski definition) is 5. The van der Waals surface area contributed by atoms with Crippen LogP contribution in [0, 0.1) is 5.92 Å². The zero-order valence-electron chi connectivity index (χ0n) is 13.8. The molecule has 1 N–H and O–H groups in total. The van der Waals surface area contributed by atoms with Gasteiger partial charge >= 0.3 is 0 Å². The third-order valence-electron chi connectivity index (χ3n) is 4.39. The molecule has 0 spiro atoms. The molecule has 4 rings (SSSR count). The first-order valence-corrected chi connectivity index (χ1v) is 9.03. The Morgan fingerprint density at radius 2 is 2.00 bits per heavy atom. The predicted octanol–water partition coefficient (Wildman–Crippen LogP) is 3.29. The van der Waals surface area contributed by atoms with Crippen molar-refractivity contribution >= 4 is 46.3 Å². The molecule has 2 aromatic heterocycles.